The first kappa shape index (κ1) is 39.7. The van der Waals surface area contributed by atoms with Crippen LogP contribution in [0.1, 0.15) is 102 Å². The maximum absolute atomic E-state index is 13.1. The summed E-state index contributed by atoms with van der Waals surface area (Å²) in [5, 5.41) is 1.15. The largest absolute Gasteiger partial charge is 0.616 e. The summed E-state index contributed by atoms with van der Waals surface area (Å²) in [7, 11) is 0. The Bertz CT molecular complexity index is 1490. The normalized spacial score (nSPS) is 19.4. The van der Waals surface area contributed by atoms with E-state index in [-0.39, 0.29) is 18.3 Å². The first-order valence-electron chi connectivity index (χ1n) is 18.6. The highest BCUT2D eigenvalue weighted by atomic mass is 32.2. The third-order valence-electron chi connectivity index (χ3n) is 9.76. The molecule has 0 amide bonds. The third-order valence-corrected chi connectivity index (χ3v) is 11.2. The zero-order valence-electron chi connectivity index (χ0n) is 29.6. The predicted molar refractivity (Wildman–Crippen MR) is 191 cm³/mol. The summed E-state index contributed by atoms with van der Waals surface area (Å²) in [6.45, 7) is 4.48. The van der Waals surface area contributed by atoms with Gasteiger partial charge in [-0.15, -0.1) is 0 Å². The number of aromatic nitrogens is 1. The number of hydrogen-bond acceptors (Lipinski definition) is 5. The number of alkyl halides is 5. The molecule has 0 aliphatic carbocycles. The topological polar surface area (TPSA) is 64.9 Å². The van der Waals surface area contributed by atoms with Gasteiger partial charge in [0.15, 0.2) is 12.6 Å². The fourth-order valence-electron chi connectivity index (χ4n) is 6.90. The molecule has 51 heavy (non-hydrogen) atoms. The van der Waals surface area contributed by atoms with E-state index in [1.165, 1.54) is 11.3 Å². The van der Waals surface area contributed by atoms with E-state index in [1.54, 1.807) is 0 Å². The van der Waals surface area contributed by atoms with E-state index in [2.05, 4.69) is 35.8 Å². The Morgan fingerprint density at radius 3 is 1.92 bits per heavy atom. The number of unbranched alkanes of at least 4 members (excludes halogenated alkanes) is 6. The highest BCUT2D eigenvalue weighted by molar-refractivity contribution is 7.91. The van der Waals surface area contributed by atoms with Crippen molar-refractivity contribution in [1.29, 1.82) is 0 Å². The molecule has 5 rings (SSSR count). The van der Waals surface area contributed by atoms with Crippen molar-refractivity contribution in [2.75, 3.05) is 24.7 Å². The van der Waals surface area contributed by atoms with Gasteiger partial charge in [0, 0.05) is 36.7 Å². The van der Waals surface area contributed by atoms with Gasteiger partial charge in [-0.25, -0.2) is 0 Å². The smallest absolute Gasteiger partial charge is 0.453 e. The summed E-state index contributed by atoms with van der Waals surface area (Å²) < 4.78 is 101. The maximum Gasteiger partial charge on any atom is 0.453 e. The van der Waals surface area contributed by atoms with Crippen molar-refractivity contribution in [1.82, 2.24) is 4.57 Å². The van der Waals surface area contributed by atoms with Crippen LogP contribution in [0.25, 0.3) is 22.2 Å². The van der Waals surface area contributed by atoms with Crippen LogP contribution in [0.5, 0.6) is 11.5 Å². The zero-order valence-corrected chi connectivity index (χ0v) is 30.4. The van der Waals surface area contributed by atoms with Gasteiger partial charge in [-0.05, 0) is 112 Å². The Kier molecular flexibility index (Phi) is 14.8. The van der Waals surface area contributed by atoms with Crippen molar-refractivity contribution < 1.29 is 45.5 Å². The Labute approximate surface area is 301 Å². The highest BCUT2D eigenvalue weighted by Crippen LogP contribution is 2.39. The molecule has 3 heterocycles. The molecular formula is C39H52F5NO5S. The van der Waals surface area contributed by atoms with E-state index in [0.29, 0.717) is 12.2 Å². The number of ether oxygens (including phenoxy) is 4. The maximum atomic E-state index is 13.1. The fourth-order valence-corrected chi connectivity index (χ4v) is 8.09. The summed E-state index contributed by atoms with van der Waals surface area (Å²) in [6.07, 6.45) is 5.07. The molecule has 0 radical (unpaired) electrons. The molecule has 2 aromatic carbocycles. The summed E-state index contributed by atoms with van der Waals surface area (Å²) in [6, 6.07) is 14.6. The van der Waals surface area contributed by atoms with Crippen molar-refractivity contribution in [3.8, 4) is 22.8 Å². The second-order valence-electron chi connectivity index (χ2n) is 13.8. The van der Waals surface area contributed by atoms with Gasteiger partial charge in [0.1, 0.15) is 23.0 Å². The van der Waals surface area contributed by atoms with Gasteiger partial charge in [0.05, 0.1) is 18.9 Å². The number of halogens is 5. The molecule has 2 aliphatic heterocycles. The summed E-state index contributed by atoms with van der Waals surface area (Å²) in [5.41, 5.74) is 4.64. The van der Waals surface area contributed by atoms with Crippen LogP contribution in [0, 0.1) is 6.92 Å². The SMILES string of the molecule is Cc1c(-c2ccc(OC3CCCCO3)cc2)n(CCCCCCCCC[S+]([O-])CCCC(F)(F)C(F)(F)F)c2ccc(OC3CCCCO3)cc12. The molecule has 0 N–H and O–H groups in total. The van der Waals surface area contributed by atoms with E-state index < -0.39 is 36.1 Å². The number of nitrogens with zero attached hydrogens (tertiary/aromatic N) is 1. The average molecular weight is 742 g/mol. The quantitative estimate of drug-likeness (QED) is 0.0695. The van der Waals surface area contributed by atoms with Crippen molar-refractivity contribution >= 4 is 22.1 Å². The number of benzene rings is 2. The molecule has 1 aromatic heterocycles. The third kappa shape index (κ3) is 11.5. The zero-order chi connectivity index (χ0) is 36.3. The summed E-state index contributed by atoms with van der Waals surface area (Å²) in [5.74, 6) is -2.91. The predicted octanol–water partition coefficient (Wildman–Crippen LogP) is 10.9. The van der Waals surface area contributed by atoms with Crippen molar-refractivity contribution in [2.45, 2.75) is 134 Å². The number of hydrogen-bond donors (Lipinski definition) is 0. The van der Waals surface area contributed by atoms with Crippen LogP contribution >= 0.6 is 0 Å². The van der Waals surface area contributed by atoms with Crippen LogP contribution in [0.3, 0.4) is 0 Å². The van der Waals surface area contributed by atoms with Crippen molar-refractivity contribution in [3.05, 3.63) is 48.0 Å². The molecule has 0 saturated carbocycles. The lowest BCUT2D eigenvalue weighted by atomic mass is 10.1. The lowest BCUT2D eigenvalue weighted by molar-refractivity contribution is -0.284. The lowest BCUT2D eigenvalue weighted by Gasteiger charge is -2.23. The standard InChI is InChI=1S/C39H52F5NO5S/c1-29-33-28-32(50-36-15-8-11-25-48-36)20-21-34(33)45(37(29)30-16-18-31(19-17-30)49-35-14-7-10-24-47-35)23-9-5-3-2-4-6-12-26-51(46)27-13-22-38(40,41)39(42,43)44/h16-21,28,35-36H,2-15,22-27H2,1H3. The monoisotopic (exact) mass is 741 g/mol. The van der Waals surface area contributed by atoms with Gasteiger partial charge in [0.2, 0.25) is 0 Å². The van der Waals surface area contributed by atoms with Gasteiger partial charge in [-0.3, -0.25) is 0 Å². The second-order valence-corrected chi connectivity index (χ2v) is 15.5. The Balaban J connectivity index is 1.13. The lowest BCUT2D eigenvalue weighted by Crippen LogP contribution is -2.36. The van der Waals surface area contributed by atoms with Gasteiger partial charge < -0.3 is 28.1 Å². The molecule has 0 bridgehead atoms. The van der Waals surface area contributed by atoms with E-state index >= 15 is 0 Å². The number of aryl methyl sites for hydroxylation is 2. The molecule has 12 heteroatoms. The minimum atomic E-state index is -5.55. The molecule has 284 valence electrons. The van der Waals surface area contributed by atoms with Gasteiger partial charge >= 0.3 is 12.1 Å². The number of fused-ring (bicyclic) bond motifs is 1. The van der Waals surface area contributed by atoms with Crippen molar-refractivity contribution in [2.24, 2.45) is 0 Å². The van der Waals surface area contributed by atoms with Crippen LogP contribution in [-0.2, 0) is 27.2 Å². The molecule has 2 saturated heterocycles. The van der Waals surface area contributed by atoms with Gasteiger partial charge in [0.25, 0.3) is 0 Å². The summed E-state index contributed by atoms with van der Waals surface area (Å²) in [4.78, 5) is 0. The minimum Gasteiger partial charge on any atom is -0.616 e. The minimum absolute atomic E-state index is 0.127. The molecule has 2 fully saturated rings. The van der Waals surface area contributed by atoms with Crippen LogP contribution in [0.4, 0.5) is 22.0 Å². The average Bonchev–Trinajstić information content (AvgIpc) is 3.38. The Morgan fingerprint density at radius 2 is 1.31 bits per heavy atom. The molecule has 0 spiro atoms. The van der Waals surface area contributed by atoms with E-state index in [0.717, 1.165) is 125 Å². The number of rotatable bonds is 19. The van der Waals surface area contributed by atoms with E-state index in [1.807, 2.05) is 18.2 Å². The van der Waals surface area contributed by atoms with Crippen LogP contribution in [0.2, 0.25) is 0 Å². The Hall–Kier alpha value is -2.54. The van der Waals surface area contributed by atoms with Gasteiger partial charge in [-0.1, -0.05) is 36.9 Å². The van der Waals surface area contributed by atoms with Gasteiger partial charge in [-0.2, -0.15) is 22.0 Å². The molecular weight excluding hydrogens is 689 g/mol. The molecule has 2 aliphatic rings. The second kappa shape index (κ2) is 19.0. The molecule has 3 aromatic rings. The molecule has 3 atom stereocenters. The van der Waals surface area contributed by atoms with Crippen molar-refractivity contribution in [3.63, 3.8) is 0 Å². The summed E-state index contributed by atoms with van der Waals surface area (Å²) >= 11 is -1.38. The fraction of sp³-hybridized carbons (Fsp3) is 0.641. The first-order valence-corrected chi connectivity index (χ1v) is 20.1. The van der Waals surface area contributed by atoms with Crippen LogP contribution in [-0.4, -0.2) is 58.5 Å². The van der Waals surface area contributed by atoms with E-state index in [4.69, 9.17) is 18.9 Å². The van der Waals surface area contributed by atoms with Crippen LogP contribution < -0.4 is 9.47 Å². The first-order chi connectivity index (χ1) is 24.5. The van der Waals surface area contributed by atoms with Crippen LogP contribution in [0.15, 0.2) is 42.5 Å². The molecule has 6 nitrogen and oxygen atoms in total. The highest BCUT2D eigenvalue weighted by Gasteiger charge is 2.56. The molecule has 3 unspecified atom stereocenters. The van der Waals surface area contributed by atoms with E-state index in [9.17, 15) is 26.5 Å². The Morgan fingerprint density at radius 1 is 0.745 bits per heavy atom.